The third-order valence-corrected chi connectivity index (χ3v) is 8.80. The van der Waals surface area contributed by atoms with Crippen molar-refractivity contribution < 1.29 is 0 Å². The summed E-state index contributed by atoms with van der Waals surface area (Å²) in [5.74, 6) is 1.17. The van der Waals surface area contributed by atoms with E-state index in [1.165, 1.54) is 32.1 Å². The van der Waals surface area contributed by atoms with Crippen molar-refractivity contribution in [2.75, 3.05) is 5.73 Å². The van der Waals surface area contributed by atoms with Gasteiger partial charge in [0.25, 0.3) is 22.8 Å². The van der Waals surface area contributed by atoms with Crippen molar-refractivity contribution >= 4 is 17.6 Å². The molecule has 52 heavy (non-hydrogen) atoms. The number of anilines is 1. The van der Waals surface area contributed by atoms with Crippen LogP contribution in [0.1, 0.15) is 104 Å². The number of aryl methyl sites for hydroxylation is 2. The number of nitriles is 4. The van der Waals surface area contributed by atoms with Crippen molar-refractivity contribution in [2.45, 2.75) is 107 Å². The summed E-state index contributed by atoms with van der Waals surface area (Å²) in [5.41, 5.74) is 11.8. The van der Waals surface area contributed by atoms with Gasteiger partial charge in [-0.2, -0.15) is 0 Å². The number of nitrogen functional groups attached to an aromatic ring is 1. The lowest BCUT2D eigenvalue weighted by molar-refractivity contribution is 0.482. The zero-order chi connectivity index (χ0) is 39.8. The van der Waals surface area contributed by atoms with Crippen molar-refractivity contribution in [3.05, 3.63) is 114 Å². The lowest BCUT2D eigenvalue weighted by atomic mass is 9.84. The topological polar surface area (TPSA) is 151 Å². The first kappa shape index (κ1) is 45.6. The summed E-state index contributed by atoms with van der Waals surface area (Å²) in [4.78, 5) is 17.1. The Hall–Kier alpha value is -6.43. The van der Waals surface area contributed by atoms with Crippen LogP contribution in [0.25, 0.3) is 19.4 Å². The summed E-state index contributed by atoms with van der Waals surface area (Å²) in [7, 11) is 0. The molecule has 2 unspecified atom stereocenters. The average Bonchev–Trinajstić information content (AvgIpc) is 3.82. The van der Waals surface area contributed by atoms with E-state index in [9.17, 15) is 0 Å². The summed E-state index contributed by atoms with van der Waals surface area (Å²) >= 11 is 0. The van der Waals surface area contributed by atoms with Crippen molar-refractivity contribution in [2.24, 2.45) is 22.7 Å². The number of nitrogens with two attached hydrogens (primary N) is 1. The Labute approximate surface area is 311 Å². The Kier molecular flexibility index (Phi) is 21.6. The maximum Gasteiger partial charge on any atom is 0.264 e. The minimum atomic E-state index is -0.0844. The zero-order valence-electron chi connectivity index (χ0n) is 31.7. The number of allylic oxidation sites excluding steroid dienone is 8. The molecule has 0 spiro atoms. The minimum absolute atomic E-state index is 0.0210. The van der Waals surface area contributed by atoms with Crippen LogP contribution in [0.3, 0.4) is 0 Å². The van der Waals surface area contributed by atoms with Crippen molar-refractivity contribution in [3.63, 3.8) is 0 Å². The van der Waals surface area contributed by atoms with E-state index in [-0.39, 0.29) is 28.7 Å². The Morgan fingerprint density at radius 1 is 0.731 bits per heavy atom. The summed E-state index contributed by atoms with van der Waals surface area (Å²) < 4.78 is 0. The molecule has 2 aliphatic carbocycles. The van der Waals surface area contributed by atoms with E-state index in [2.05, 4.69) is 64.3 Å². The second-order valence-corrected chi connectivity index (χ2v) is 12.6. The lowest BCUT2D eigenvalue weighted by Crippen LogP contribution is -2.11. The third-order valence-electron chi connectivity index (χ3n) is 8.80. The van der Waals surface area contributed by atoms with Crippen molar-refractivity contribution in [1.29, 1.82) is 21.0 Å². The largest absolute Gasteiger partial charge is 0.399 e. The summed E-state index contributed by atoms with van der Waals surface area (Å²) in [6, 6.07) is 11.3. The lowest BCUT2D eigenvalue weighted by Gasteiger charge is -2.21. The van der Waals surface area contributed by atoms with Gasteiger partial charge < -0.3 is 5.73 Å². The van der Waals surface area contributed by atoms with Crippen LogP contribution in [0, 0.1) is 103 Å². The van der Waals surface area contributed by atoms with Crippen LogP contribution in [0.4, 0.5) is 11.4 Å². The molecule has 0 aliphatic heterocycles. The summed E-state index contributed by atoms with van der Waals surface area (Å²) in [6.07, 6.45) is 11.7. The molecule has 10 nitrogen and oxygen atoms in total. The van der Waals surface area contributed by atoms with E-state index < -0.39 is 0 Å². The first-order valence-corrected chi connectivity index (χ1v) is 17.2. The number of benzene rings is 1. The molecule has 2 N–H and O–H groups in total. The molecule has 0 radical (unpaired) electrons. The second-order valence-electron chi connectivity index (χ2n) is 12.6. The van der Waals surface area contributed by atoms with Gasteiger partial charge in [-0.1, -0.05) is 52.9 Å². The molecule has 2 saturated carbocycles. The van der Waals surface area contributed by atoms with Crippen LogP contribution < -0.4 is 5.73 Å². The van der Waals surface area contributed by atoms with E-state index in [0.29, 0.717) is 34.1 Å². The molecule has 1 aromatic rings. The monoisotopic (exact) mass is 692 g/mol. The third kappa shape index (κ3) is 13.8. The Morgan fingerprint density at radius 3 is 1.56 bits per heavy atom. The van der Waals surface area contributed by atoms with Gasteiger partial charge in [-0.3, -0.25) is 4.99 Å². The highest BCUT2D eigenvalue weighted by molar-refractivity contribution is 5.69. The molecule has 2 aliphatic rings. The fraction of sp³-hybridized carbons (Fsp3) is 0.452. The standard InChI is InChI=1S/C15H14N4.C14H20N2.C10H6N4.C3H8/c1-10-6-5-7-12(10)15(14(9-17)19-4)11(2)13(8-16)18-3;1-10-8-14(11(2)7-13(10)15)16-9-12-5-3-4-6-12;1-7(9(5-11)13-3)8(2)10(6-12)14-4;1-3-2/h10,12H,5-7H2,1-2H3;7-9,12H,3-6,15H2,1-2H3;1-2H3;3H2,1-2H3/b13-11+,15-14+;;9-7-,10-8+;. The molecule has 3 rings (SSSR count). The molecular formula is C42H48N10. The van der Waals surface area contributed by atoms with Crippen LogP contribution in [0.5, 0.6) is 0 Å². The molecular weight excluding hydrogens is 645 g/mol. The SMILES string of the molecule is CCC.Cc1cc(N=CC2CCCC2)c(C)cc1N.[C-]#[N+]/C(C#N)=C(C)\C(C)=C(/C#N)[N+]#[C-].[C-]#[N+]/C(C#N)=C(\C(C)=C(/C#N)[N+]#[C-])C1CCCC1C. The smallest absolute Gasteiger partial charge is 0.264 e. The minimum Gasteiger partial charge on any atom is -0.399 e. The van der Waals surface area contributed by atoms with Gasteiger partial charge in [0.15, 0.2) is 0 Å². The molecule has 0 saturated heterocycles. The fourth-order valence-electron chi connectivity index (χ4n) is 5.67. The van der Waals surface area contributed by atoms with E-state index >= 15 is 0 Å². The van der Waals surface area contributed by atoms with Gasteiger partial charge in [-0.15, -0.1) is 0 Å². The molecule has 0 amide bonds. The molecule has 0 bridgehead atoms. The molecule has 2 fully saturated rings. The molecule has 2 atom stereocenters. The number of hydrogen-bond donors (Lipinski definition) is 1. The average molecular weight is 693 g/mol. The Morgan fingerprint density at radius 2 is 1.17 bits per heavy atom. The Bertz CT molecular complexity index is 1820. The number of aliphatic imine (C=N–C) groups is 1. The van der Waals surface area contributed by atoms with E-state index in [1.807, 2.05) is 25.1 Å². The normalized spacial score (nSPS) is 17.8. The highest BCUT2D eigenvalue weighted by atomic mass is 14.7. The van der Waals surface area contributed by atoms with Gasteiger partial charge in [0, 0.05) is 11.9 Å². The molecule has 1 aromatic carbocycles. The summed E-state index contributed by atoms with van der Waals surface area (Å²) in [6.45, 7) is 42.8. The predicted molar refractivity (Wildman–Crippen MR) is 207 cm³/mol. The Balaban J connectivity index is 0.000000730. The highest BCUT2D eigenvalue weighted by Gasteiger charge is 2.30. The van der Waals surface area contributed by atoms with Crippen LogP contribution >= 0.6 is 0 Å². The predicted octanol–water partition coefficient (Wildman–Crippen LogP) is 11.5. The second kappa shape index (κ2) is 24.7. The first-order chi connectivity index (χ1) is 24.8. The van der Waals surface area contributed by atoms with E-state index in [0.717, 1.165) is 41.8 Å². The maximum atomic E-state index is 9.11. The van der Waals surface area contributed by atoms with Gasteiger partial charge in [0.1, 0.15) is 0 Å². The first-order valence-electron chi connectivity index (χ1n) is 17.2. The number of hydrogen-bond acceptors (Lipinski definition) is 6. The van der Waals surface area contributed by atoms with E-state index in [4.69, 9.17) is 53.1 Å². The van der Waals surface area contributed by atoms with Crippen LogP contribution in [-0.2, 0) is 0 Å². The number of nitrogens with zero attached hydrogens (tertiary/aromatic N) is 9. The van der Waals surface area contributed by atoms with Crippen LogP contribution in [0.2, 0.25) is 0 Å². The van der Waals surface area contributed by atoms with Crippen molar-refractivity contribution in [1.82, 2.24) is 0 Å². The molecule has 0 heterocycles. The van der Waals surface area contributed by atoms with Gasteiger partial charge in [-0.25, -0.2) is 40.4 Å². The summed E-state index contributed by atoms with van der Waals surface area (Å²) in [5, 5.41) is 35.2. The van der Waals surface area contributed by atoms with E-state index in [1.54, 1.807) is 32.9 Å². The van der Waals surface area contributed by atoms with Crippen molar-refractivity contribution in [3.8, 4) is 24.3 Å². The molecule has 10 heteroatoms. The molecule has 0 aromatic heterocycles. The maximum absolute atomic E-state index is 9.11. The zero-order valence-corrected chi connectivity index (χ0v) is 31.7. The number of rotatable bonds is 5. The van der Waals surface area contributed by atoms with Gasteiger partial charge in [0.05, 0.1) is 56.3 Å². The van der Waals surface area contributed by atoms with Gasteiger partial charge in [0.2, 0.25) is 0 Å². The van der Waals surface area contributed by atoms with Gasteiger partial charge >= 0.3 is 0 Å². The fourth-order valence-corrected chi connectivity index (χ4v) is 5.67. The molecule has 266 valence electrons. The van der Waals surface area contributed by atoms with Crippen LogP contribution in [0.15, 0.2) is 62.2 Å². The van der Waals surface area contributed by atoms with Crippen LogP contribution in [-0.4, -0.2) is 6.21 Å². The highest BCUT2D eigenvalue weighted by Crippen LogP contribution is 2.41. The van der Waals surface area contributed by atoms with Gasteiger partial charge in [-0.05, 0) is 117 Å². The quantitative estimate of drug-likeness (QED) is 0.107.